The van der Waals surface area contributed by atoms with Gasteiger partial charge in [-0.15, -0.1) is 0 Å². The number of benzene rings is 2. The minimum atomic E-state index is -3.51. The minimum Gasteiger partial charge on any atom is -0.302 e. The van der Waals surface area contributed by atoms with Crippen LogP contribution in [0.1, 0.15) is 55.6 Å². The normalized spacial score (nSPS) is 19.2. The topological polar surface area (TPSA) is 64.4 Å². The number of hydrogen-bond donors (Lipinski definition) is 0. The zero-order valence-electron chi connectivity index (χ0n) is 18.9. The lowest BCUT2D eigenvalue weighted by atomic mass is 9.81. The largest absolute Gasteiger partial charge is 0.302 e. The molecule has 0 amide bonds. The van der Waals surface area contributed by atoms with Crippen LogP contribution in [0.2, 0.25) is 5.02 Å². The van der Waals surface area contributed by atoms with E-state index in [4.69, 9.17) is 16.9 Å². The van der Waals surface area contributed by atoms with E-state index in [1.807, 2.05) is 0 Å². The van der Waals surface area contributed by atoms with Crippen molar-refractivity contribution >= 4 is 21.6 Å². The Labute approximate surface area is 197 Å². The summed E-state index contributed by atoms with van der Waals surface area (Å²) < 4.78 is 27.5. The monoisotopic (exact) mass is 473 g/mol. The fraction of sp³-hybridized carbons (Fsp3) is 0.480. The van der Waals surface area contributed by atoms with Gasteiger partial charge in [-0.25, -0.2) is 8.42 Å². The Balaban J connectivity index is 1.54. The zero-order valence-corrected chi connectivity index (χ0v) is 20.4. The second-order valence-corrected chi connectivity index (χ2v) is 11.2. The molecule has 5 nitrogen and oxygen atoms in total. The van der Waals surface area contributed by atoms with E-state index < -0.39 is 10.0 Å². The number of halogens is 1. The lowest BCUT2D eigenvalue weighted by molar-refractivity contribution is 0.268. The molecule has 0 N–H and O–H groups in total. The van der Waals surface area contributed by atoms with Crippen LogP contribution < -0.4 is 0 Å². The minimum absolute atomic E-state index is 0.0215. The third-order valence-electron chi connectivity index (χ3n) is 6.43. The number of sulfonamides is 1. The Bertz CT molecular complexity index is 1010. The SMILES string of the molecule is CN(CCCC#N)Cc1ccc(C2CCC(N(C)S(=O)(=O)c3ccc(Cl)cc3)CC2)cc1. The second kappa shape index (κ2) is 11.3. The Morgan fingerprint density at radius 2 is 1.62 bits per heavy atom. The number of hydrogen-bond acceptors (Lipinski definition) is 4. The summed E-state index contributed by atoms with van der Waals surface area (Å²) >= 11 is 5.90. The van der Waals surface area contributed by atoms with E-state index in [9.17, 15) is 8.42 Å². The van der Waals surface area contributed by atoms with Gasteiger partial charge in [0.25, 0.3) is 0 Å². The summed E-state index contributed by atoms with van der Waals surface area (Å²) in [5.74, 6) is 0.472. The van der Waals surface area contributed by atoms with Crippen molar-refractivity contribution in [1.29, 1.82) is 5.26 Å². The highest BCUT2D eigenvalue weighted by Crippen LogP contribution is 2.36. The van der Waals surface area contributed by atoms with Gasteiger partial charge in [0.1, 0.15) is 0 Å². The van der Waals surface area contributed by atoms with Gasteiger partial charge in [-0.3, -0.25) is 0 Å². The molecule has 172 valence electrons. The molecule has 0 aromatic heterocycles. The van der Waals surface area contributed by atoms with Crippen LogP contribution in [0.25, 0.3) is 0 Å². The third-order valence-corrected chi connectivity index (χ3v) is 8.61. The molecule has 3 rings (SSSR count). The first kappa shape index (κ1) is 24.7. The average molecular weight is 474 g/mol. The van der Waals surface area contributed by atoms with Crippen LogP contribution in [0.15, 0.2) is 53.4 Å². The molecule has 0 bridgehead atoms. The molecule has 2 aromatic rings. The molecule has 7 heteroatoms. The van der Waals surface area contributed by atoms with Gasteiger partial charge in [0.15, 0.2) is 0 Å². The van der Waals surface area contributed by atoms with Crippen LogP contribution in [0.3, 0.4) is 0 Å². The number of nitriles is 1. The van der Waals surface area contributed by atoms with Crippen LogP contribution in [0.4, 0.5) is 0 Å². The standard InChI is InChI=1S/C25H32ClN3O2S/c1-28(18-4-3-17-27)19-20-5-7-21(8-6-20)22-9-13-24(14-10-22)29(2)32(30,31)25-15-11-23(26)12-16-25/h5-8,11-12,15-16,22,24H,3-4,9-10,13-14,18-19H2,1-2H3. The second-order valence-electron chi connectivity index (χ2n) is 8.72. The molecule has 0 spiro atoms. The first-order chi connectivity index (χ1) is 15.3. The summed E-state index contributed by atoms with van der Waals surface area (Å²) in [6.45, 7) is 1.80. The molecule has 1 fully saturated rings. The van der Waals surface area contributed by atoms with E-state index in [2.05, 4.69) is 42.3 Å². The van der Waals surface area contributed by atoms with Crippen molar-refractivity contribution in [1.82, 2.24) is 9.21 Å². The number of nitrogens with zero attached hydrogens (tertiary/aromatic N) is 3. The Morgan fingerprint density at radius 1 is 1.00 bits per heavy atom. The first-order valence-electron chi connectivity index (χ1n) is 11.2. The molecule has 1 aliphatic carbocycles. The number of unbranched alkanes of at least 4 members (excludes halogenated alkanes) is 1. The van der Waals surface area contributed by atoms with Gasteiger partial charge in [-0.2, -0.15) is 9.57 Å². The molecule has 1 saturated carbocycles. The van der Waals surface area contributed by atoms with E-state index in [1.54, 1.807) is 31.3 Å². The Morgan fingerprint density at radius 3 is 2.22 bits per heavy atom. The van der Waals surface area contributed by atoms with Gasteiger partial charge < -0.3 is 4.90 Å². The van der Waals surface area contributed by atoms with Gasteiger partial charge in [0.2, 0.25) is 10.0 Å². The van der Waals surface area contributed by atoms with E-state index in [-0.39, 0.29) is 6.04 Å². The molecule has 0 unspecified atom stereocenters. The summed E-state index contributed by atoms with van der Waals surface area (Å²) in [6, 6.07) is 17.4. The van der Waals surface area contributed by atoms with Crippen molar-refractivity contribution in [3.05, 3.63) is 64.7 Å². The van der Waals surface area contributed by atoms with E-state index >= 15 is 0 Å². The number of rotatable bonds is 9. The van der Waals surface area contributed by atoms with E-state index in [0.717, 1.165) is 45.2 Å². The van der Waals surface area contributed by atoms with Crippen LogP contribution in [0.5, 0.6) is 0 Å². The molecule has 0 radical (unpaired) electrons. The lowest BCUT2D eigenvalue weighted by Gasteiger charge is -2.34. The average Bonchev–Trinajstić information content (AvgIpc) is 2.80. The van der Waals surface area contributed by atoms with Gasteiger partial charge in [0, 0.05) is 31.1 Å². The zero-order chi connectivity index (χ0) is 23.1. The van der Waals surface area contributed by atoms with Crippen LogP contribution in [0, 0.1) is 11.3 Å². The van der Waals surface area contributed by atoms with Crippen molar-refractivity contribution < 1.29 is 8.42 Å². The smallest absolute Gasteiger partial charge is 0.243 e. The van der Waals surface area contributed by atoms with Crippen molar-refractivity contribution in [3.8, 4) is 6.07 Å². The lowest BCUT2D eigenvalue weighted by Crippen LogP contribution is -2.39. The molecule has 2 aromatic carbocycles. The highest BCUT2D eigenvalue weighted by molar-refractivity contribution is 7.89. The fourth-order valence-corrected chi connectivity index (χ4v) is 6.00. The van der Waals surface area contributed by atoms with Gasteiger partial charge in [0.05, 0.1) is 11.0 Å². The maximum Gasteiger partial charge on any atom is 0.243 e. The quantitative estimate of drug-likeness (QED) is 0.456. The van der Waals surface area contributed by atoms with Crippen molar-refractivity contribution in [2.24, 2.45) is 0 Å². The van der Waals surface area contributed by atoms with Crippen molar-refractivity contribution in [2.45, 2.75) is 61.9 Å². The molecule has 1 aliphatic rings. The molecule has 0 heterocycles. The van der Waals surface area contributed by atoms with Gasteiger partial charge in [-0.05, 0) is 87.0 Å². The summed E-state index contributed by atoms with van der Waals surface area (Å²) in [7, 11) is 0.265. The van der Waals surface area contributed by atoms with E-state index in [0.29, 0.717) is 22.3 Å². The Hall–Kier alpha value is -1.91. The van der Waals surface area contributed by atoms with Crippen molar-refractivity contribution in [2.75, 3.05) is 20.6 Å². The third kappa shape index (κ3) is 6.32. The molecule has 0 saturated heterocycles. The van der Waals surface area contributed by atoms with Crippen molar-refractivity contribution in [3.63, 3.8) is 0 Å². The maximum absolute atomic E-state index is 13.0. The molecule has 32 heavy (non-hydrogen) atoms. The van der Waals surface area contributed by atoms with Crippen LogP contribution >= 0.6 is 11.6 Å². The van der Waals surface area contributed by atoms with Crippen LogP contribution in [-0.2, 0) is 16.6 Å². The van der Waals surface area contributed by atoms with Gasteiger partial charge >= 0.3 is 0 Å². The first-order valence-corrected chi connectivity index (χ1v) is 13.0. The fourth-order valence-electron chi connectivity index (χ4n) is 4.46. The maximum atomic E-state index is 13.0. The highest BCUT2D eigenvalue weighted by atomic mass is 35.5. The molecular formula is C25H32ClN3O2S. The van der Waals surface area contributed by atoms with E-state index in [1.165, 1.54) is 15.4 Å². The Kier molecular flexibility index (Phi) is 8.72. The molecular weight excluding hydrogens is 442 g/mol. The van der Waals surface area contributed by atoms with Crippen LogP contribution in [-0.4, -0.2) is 44.3 Å². The van der Waals surface area contributed by atoms with Gasteiger partial charge in [-0.1, -0.05) is 35.9 Å². The predicted octanol–water partition coefficient (Wildman–Crippen LogP) is 5.42. The molecule has 0 aliphatic heterocycles. The summed E-state index contributed by atoms with van der Waals surface area (Å²) in [5.41, 5.74) is 2.61. The molecule has 0 atom stereocenters. The highest BCUT2D eigenvalue weighted by Gasteiger charge is 2.31. The summed E-state index contributed by atoms with van der Waals surface area (Å²) in [5, 5.41) is 9.20. The summed E-state index contributed by atoms with van der Waals surface area (Å²) in [6.07, 6.45) is 5.19. The summed E-state index contributed by atoms with van der Waals surface area (Å²) in [4.78, 5) is 2.54. The predicted molar refractivity (Wildman–Crippen MR) is 129 cm³/mol.